The van der Waals surface area contributed by atoms with Gasteiger partial charge >= 0.3 is 0 Å². The highest BCUT2D eigenvalue weighted by Gasteiger charge is 2.36. The van der Waals surface area contributed by atoms with Gasteiger partial charge in [0.05, 0.1) is 17.7 Å². The minimum Gasteiger partial charge on any atom is -0.497 e. The number of methoxy groups -OCH3 is 1. The molecule has 1 N–H and O–H groups in total. The number of nitrogens with zero attached hydrogens (tertiary/aromatic N) is 2. The van der Waals surface area contributed by atoms with Crippen molar-refractivity contribution in [1.29, 1.82) is 0 Å². The van der Waals surface area contributed by atoms with Gasteiger partial charge in [0.15, 0.2) is 0 Å². The zero-order valence-corrected chi connectivity index (χ0v) is 28.3. The fraction of sp³-hybridized carbons (Fsp3) is 0.278. The predicted molar refractivity (Wildman–Crippen MR) is 183 cm³/mol. The van der Waals surface area contributed by atoms with Crippen molar-refractivity contribution in [3.05, 3.63) is 125 Å². The summed E-state index contributed by atoms with van der Waals surface area (Å²) in [6, 6.07) is 28.5. The third kappa shape index (κ3) is 8.89. The second kappa shape index (κ2) is 14.8. The van der Waals surface area contributed by atoms with Gasteiger partial charge < -0.3 is 15.0 Å². The van der Waals surface area contributed by atoms with E-state index in [4.69, 9.17) is 16.3 Å². The Hall–Kier alpha value is -4.34. The number of ether oxygens (including phenoxy) is 1. The molecular weight excluding hydrogens is 622 g/mol. The number of sulfonamides is 1. The van der Waals surface area contributed by atoms with E-state index in [0.29, 0.717) is 22.0 Å². The number of rotatable bonds is 12. The van der Waals surface area contributed by atoms with Crippen LogP contribution in [0.25, 0.3) is 0 Å². The molecule has 4 rings (SSSR count). The Morgan fingerprint density at radius 2 is 1.50 bits per heavy atom. The van der Waals surface area contributed by atoms with Crippen LogP contribution in [0.1, 0.15) is 37.5 Å². The van der Waals surface area contributed by atoms with Gasteiger partial charge in [-0.05, 0) is 86.8 Å². The molecule has 1 atom stereocenters. The monoisotopic (exact) mass is 661 g/mol. The number of halogens is 1. The lowest BCUT2D eigenvalue weighted by atomic mass is 10.0. The zero-order chi connectivity index (χ0) is 33.5. The highest BCUT2D eigenvalue weighted by Crippen LogP contribution is 2.30. The van der Waals surface area contributed by atoms with Crippen LogP contribution in [0.3, 0.4) is 0 Å². The quantitative estimate of drug-likeness (QED) is 0.189. The van der Waals surface area contributed by atoms with Crippen molar-refractivity contribution in [2.75, 3.05) is 18.0 Å². The van der Waals surface area contributed by atoms with E-state index in [0.717, 1.165) is 15.4 Å². The molecule has 4 aromatic carbocycles. The molecule has 0 aliphatic rings. The zero-order valence-electron chi connectivity index (χ0n) is 26.7. The molecular formula is C36H40ClN3O5S. The lowest BCUT2D eigenvalue weighted by Gasteiger charge is -2.35. The Morgan fingerprint density at radius 1 is 0.870 bits per heavy atom. The first-order chi connectivity index (χ1) is 21.8. The molecule has 0 spiro atoms. The summed E-state index contributed by atoms with van der Waals surface area (Å²) in [5, 5.41) is 3.47. The number of hydrogen-bond donors (Lipinski definition) is 1. The molecule has 0 aromatic heterocycles. The topological polar surface area (TPSA) is 96.0 Å². The number of nitrogens with one attached hydrogen (secondary N) is 1. The summed E-state index contributed by atoms with van der Waals surface area (Å²) in [6.07, 6.45) is 0.212. The summed E-state index contributed by atoms with van der Waals surface area (Å²) in [6.45, 7) is 6.83. The Balaban J connectivity index is 1.85. The van der Waals surface area contributed by atoms with Gasteiger partial charge in [0.25, 0.3) is 10.0 Å². The number of carbonyl (C=O) groups is 2. The smallest absolute Gasteiger partial charge is 0.264 e. The van der Waals surface area contributed by atoms with Gasteiger partial charge in [-0.25, -0.2) is 8.42 Å². The Labute approximate surface area is 277 Å². The maximum atomic E-state index is 14.6. The van der Waals surface area contributed by atoms with Gasteiger partial charge in [-0.3, -0.25) is 13.9 Å². The SMILES string of the molecule is COc1cccc(CN(C(=O)CN(c2ccc(Cl)cc2C)S(=O)(=O)c2ccccc2)[C@H](Cc2ccccc2)C(=O)NC(C)(C)C)c1. The summed E-state index contributed by atoms with van der Waals surface area (Å²) in [5.41, 5.74) is 1.86. The maximum Gasteiger partial charge on any atom is 0.264 e. The Bertz CT molecular complexity index is 1760. The molecule has 0 aliphatic carbocycles. The van der Waals surface area contributed by atoms with E-state index in [1.54, 1.807) is 62.6 Å². The number of aryl methyl sites for hydroxylation is 1. The van der Waals surface area contributed by atoms with E-state index in [2.05, 4.69) is 5.32 Å². The molecule has 2 amide bonds. The normalized spacial score (nSPS) is 12.2. The first-order valence-corrected chi connectivity index (χ1v) is 16.7. The van der Waals surface area contributed by atoms with Crippen molar-refractivity contribution in [3.63, 3.8) is 0 Å². The van der Waals surface area contributed by atoms with Crippen LogP contribution >= 0.6 is 11.6 Å². The molecule has 0 fully saturated rings. The molecule has 46 heavy (non-hydrogen) atoms. The molecule has 242 valence electrons. The summed E-state index contributed by atoms with van der Waals surface area (Å²) in [7, 11) is -2.66. The summed E-state index contributed by atoms with van der Waals surface area (Å²) < 4.78 is 34.9. The van der Waals surface area contributed by atoms with Crippen LogP contribution < -0.4 is 14.4 Å². The second-order valence-corrected chi connectivity index (χ2v) is 14.4. The number of anilines is 1. The molecule has 0 aliphatic heterocycles. The summed E-state index contributed by atoms with van der Waals surface area (Å²) in [5.74, 6) is -0.317. The summed E-state index contributed by atoms with van der Waals surface area (Å²) in [4.78, 5) is 30.1. The third-order valence-corrected chi connectivity index (χ3v) is 9.30. The lowest BCUT2D eigenvalue weighted by Crippen LogP contribution is -2.56. The minimum absolute atomic E-state index is 0.0304. The number of hydrogen-bond acceptors (Lipinski definition) is 5. The van der Waals surface area contributed by atoms with E-state index >= 15 is 0 Å². The Kier molecular flexibility index (Phi) is 11.1. The average Bonchev–Trinajstić information content (AvgIpc) is 3.02. The first-order valence-electron chi connectivity index (χ1n) is 14.9. The van der Waals surface area contributed by atoms with Gasteiger partial charge in [-0.1, -0.05) is 72.3 Å². The predicted octanol–water partition coefficient (Wildman–Crippen LogP) is 6.41. The van der Waals surface area contributed by atoms with Crippen LogP contribution in [-0.2, 0) is 32.6 Å². The summed E-state index contributed by atoms with van der Waals surface area (Å²) >= 11 is 6.23. The van der Waals surface area contributed by atoms with Gasteiger partial charge in [-0.15, -0.1) is 0 Å². The standard InChI is InChI=1S/C36H40ClN3O5S/c1-26-21-29(37)19-20-32(26)40(46(43,44)31-17-10-7-11-18-31)25-34(41)39(24-28-15-12-16-30(22-28)45-5)33(35(42)38-36(2,3)4)23-27-13-8-6-9-14-27/h6-22,33H,23-25H2,1-5H3,(H,38,42)/t33-/m1/s1. The molecule has 8 nitrogen and oxygen atoms in total. The molecule has 0 saturated carbocycles. The molecule has 0 radical (unpaired) electrons. The van der Waals surface area contributed by atoms with E-state index in [9.17, 15) is 18.0 Å². The van der Waals surface area contributed by atoms with Crippen LogP contribution in [0.2, 0.25) is 5.02 Å². The van der Waals surface area contributed by atoms with Crippen LogP contribution in [0.4, 0.5) is 5.69 Å². The van der Waals surface area contributed by atoms with Gasteiger partial charge in [0.1, 0.15) is 18.3 Å². The fourth-order valence-corrected chi connectivity index (χ4v) is 6.83. The third-order valence-electron chi connectivity index (χ3n) is 7.29. The van der Waals surface area contributed by atoms with Gasteiger partial charge in [0.2, 0.25) is 11.8 Å². The van der Waals surface area contributed by atoms with Crippen LogP contribution in [0, 0.1) is 6.92 Å². The van der Waals surface area contributed by atoms with Crippen molar-refractivity contribution >= 4 is 39.1 Å². The number of carbonyl (C=O) groups excluding carboxylic acids is 2. The minimum atomic E-state index is -4.21. The van der Waals surface area contributed by atoms with Crippen LogP contribution in [0.5, 0.6) is 5.75 Å². The Morgan fingerprint density at radius 3 is 2.11 bits per heavy atom. The molecule has 10 heteroatoms. The highest BCUT2D eigenvalue weighted by molar-refractivity contribution is 7.92. The lowest BCUT2D eigenvalue weighted by molar-refractivity contribution is -0.140. The van der Waals surface area contributed by atoms with Crippen molar-refractivity contribution in [3.8, 4) is 5.75 Å². The molecule has 0 bridgehead atoms. The number of amides is 2. The highest BCUT2D eigenvalue weighted by atomic mass is 35.5. The first kappa shape index (κ1) is 34.5. The molecule has 4 aromatic rings. The van der Waals surface area contributed by atoms with E-state index in [1.165, 1.54) is 17.0 Å². The van der Waals surface area contributed by atoms with Crippen LogP contribution in [0.15, 0.2) is 108 Å². The van der Waals surface area contributed by atoms with E-state index in [1.807, 2.05) is 63.2 Å². The fourth-order valence-electron chi connectivity index (χ4n) is 5.11. The van der Waals surface area contributed by atoms with Gasteiger partial charge in [-0.2, -0.15) is 0 Å². The average molecular weight is 662 g/mol. The second-order valence-electron chi connectivity index (χ2n) is 12.1. The van der Waals surface area contributed by atoms with Crippen LogP contribution in [-0.4, -0.2) is 50.4 Å². The molecule has 0 saturated heterocycles. The molecule has 0 heterocycles. The van der Waals surface area contributed by atoms with Gasteiger partial charge in [0, 0.05) is 23.5 Å². The van der Waals surface area contributed by atoms with Crippen molar-refractivity contribution in [2.45, 2.75) is 57.1 Å². The van der Waals surface area contributed by atoms with E-state index < -0.39 is 34.1 Å². The largest absolute Gasteiger partial charge is 0.497 e. The van der Waals surface area contributed by atoms with Crippen molar-refractivity contribution < 1.29 is 22.7 Å². The van der Waals surface area contributed by atoms with E-state index in [-0.39, 0.29) is 23.8 Å². The maximum absolute atomic E-state index is 14.6. The van der Waals surface area contributed by atoms with Crippen molar-refractivity contribution in [1.82, 2.24) is 10.2 Å². The van der Waals surface area contributed by atoms with Crippen molar-refractivity contribution in [2.24, 2.45) is 0 Å². The molecule has 0 unspecified atom stereocenters. The number of benzene rings is 4.